The molecule has 1 aromatic carbocycles. The molecule has 0 radical (unpaired) electrons. The maximum Gasteiger partial charge on any atom is 0.265 e. The fourth-order valence-corrected chi connectivity index (χ4v) is 3.76. The van der Waals surface area contributed by atoms with Crippen LogP contribution in [-0.2, 0) is 0 Å². The lowest BCUT2D eigenvalue weighted by Crippen LogP contribution is -2.12. The number of hydrogen-bond acceptors (Lipinski definition) is 3. The number of carbonyl (C=O) groups excluding carboxylic acids is 1. The average Bonchev–Trinajstić information content (AvgIpc) is 2.64. The maximum atomic E-state index is 12.2. The summed E-state index contributed by atoms with van der Waals surface area (Å²) in [6.45, 7) is 3.86. The van der Waals surface area contributed by atoms with E-state index >= 15 is 0 Å². The van der Waals surface area contributed by atoms with Gasteiger partial charge in [-0.05, 0) is 75.0 Å². The lowest BCUT2D eigenvalue weighted by molar-refractivity contribution is 0.103. The second kappa shape index (κ2) is 5.64. The number of nitrogen functional groups attached to an aromatic ring is 1. The molecule has 19 heavy (non-hydrogen) atoms. The van der Waals surface area contributed by atoms with E-state index in [9.17, 15) is 4.79 Å². The van der Waals surface area contributed by atoms with Gasteiger partial charge in [-0.1, -0.05) is 0 Å². The fraction of sp³-hybridized carbons (Fsp3) is 0.154. The van der Waals surface area contributed by atoms with E-state index in [4.69, 9.17) is 5.73 Å². The number of aryl methyl sites for hydroxylation is 2. The number of carbonyl (C=O) groups is 1. The van der Waals surface area contributed by atoms with Crippen LogP contribution in [0, 0.1) is 13.8 Å². The van der Waals surface area contributed by atoms with Crippen LogP contribution in [0.3, 0.4) is 0 Å². The standard InChI is InChI=1S/C13H12Br2N2OS/c1-6-3-8(16)4-7(2)11(6)17-13(18)10-5-9(14)12(15)19-10/h3-5H,16H2,1-2H3,(H,17,18). The summed E-state index contributed by atoms with van der Waals surface area (Å²) in [6.07, 6.45) is 0. The maximum absolute atomic E-state index is 12.2. The number of hydrogen-bond donors (Lipinski definition) is 2. The van der Waals surface area contributed by atoms with Crippen LogP contribution in [0.5, 0.6) is 0 Å². The molecule has 0 fully saturated rings. The normalized spacial score (nSPS) is 10.5. The van der Waals surface area contributed by atoms with Crippen LogP contribution in [0.1, 0.15) is 20.8 Å². The summed E-state index contributed by atoms with van der Waals surface area (Å²) in [6, 6.07) is 5.50. The summed E-state index contributed by atoms with van der Waals surface area (Å²) in [5.74, 6) is -0.118. The van der Waals surface area contributed by atoms with Crippen LogP contribution in [0.25, 0.3) is 0 Å². The van der Waals surface area contributed by atoms with E-state index in [1.165, 1.54) is 11.3 Å². The Morgan fingerprint density at radius 2 is 1.79 bits per heavy atom. The Kier molecular flexibility index (Phi) is 4.32. The highest BCUT2D eigenvalue weighted by Crippen LogP contribution is 2.33. The molecule has 6 heteroatoms. The topological polar surface area (TPSA) is 55.1 Å². The predicted molar refractivity (Wildman–Crippen MR) is 88.0 cm³/mol. The first kappa shape index (κ1) is 14.6. The zero-order valence-electron chi connectivity index (χ0n) is 10.4. The summed E-state index contributed by atoms with van der Waals surface area (Å²) in [5, 5.41) is 2.94. The number of thiophene rings is 1. The first-order chi connectivity index (χ1) is 8.88. The number of anilines is 2. The molecular formula is C13H12Br2N2OS. The Morgan fingerprint density at radius 3 is 2.26 bits per heavy atom. The van der Waals surface area contributed by atoms with Crippen molar-refractivity contribution in [3.63, 3.8) is 0 Å². The second-order valence-electron chi connectivity index (χ2n) is 4.22. The van der Waals surface area contributed by atoms with Gasteiger partial charge in [0.15, 0.2) is 0 Å². The molecule has 2 aromatic rings. The minimum absolute atomic E-state index is 0.118. The summed E-state index contributed by atoms with van der Waals surface area (Å²) in [4.78, 5) is 12.8. The first-order valence-electron chi connectivity index (χ1n) is 5.51. The quantitative estimate of drug-likeness (QED) is 0.712. The molecule has 0 saturated carbocycles. The van der Waals surface area contributed by atoms with Crippen LogP contribution in [0.2, 0.25) is 0 Å². The molecule has 3 N–H and O–H groups in total. The molecule has 0 aliphatic heterocycles. The number of halogens is 2. The number of benzene rings is 1. The number of nitrogens with two attached hydrogens (primary N) is 1. The molecule has 0 aliphatic rings. The van der Waals surface area contributed by atoms with Crippen molar-refractivity contribution in [2.24, 2.45) is 0 Å². The van der Waals surface area contributed by atoms with Crippen molar-refractivity contribution in [2.45, 2.75) is 13.8 Å². The highest BCUT2D eigenvalue weighted by Gasteiger charge is 2.14. The van der Waals surface area contributed by atoms with E-state index in [1.807, 2.05) is 26.0 Å². The number of amides is 1. The Balaban J connectivity index is 2.29. The molecule has 1 amide bonds. The van der Waals surface area contributed by atoms with Gasteiger partial charge in [0.1, 0.15) is 0 Å². The van der Waals surface area contributed by atoms with Crippen LogP contribution in [-0.4, -0.2) is 5.91 Å². The van der Waals surface area contributed by atoms with E-state index in [-0.39, 0.29) is 5.91 Å². The van der Waals surface area contributed by atoms with Gasteiger partial charge < -0.3 is 11.1 Å². The van der Waals surface area contributed by atoms with E-state index in [2.05, 4.69) is 37.2 Å². The van der Waals surface area contributed by atoms with Crippen LogP contribution >= 0.6 is 43.2 Å². The SMILES string of the molecule is Cc1cc(N)cc(C)c1NC(=O)c1cc(Br)c(Br)s1. The van der Waals surface area contributed by atoms with Crippen molar-refractivity contribution in [3.8, 4) is 0 Å². The molecule has 0 atom stereocenters. The molecule has 2 rings (SSSR count). The lowest BCUT2D eigenvalue weighted by Gasteiger charge is -2.11. The Labute approximate surface area is 132 Å². The molecule has 0 aliphatic carbocycles. The third-order valence-electron chi connectivity index (χ3n) is 2.66. The molecule has 1 heterocycles. The molecule has 100 valence electrons. The molecule has 0 spiro atoms. The summed E-state index contributed by atoms with van der Waals surface area (Å²) < 4.78 is 1.79. The van der Waals surface area contributed by atoms with Crippen LogP contribution < -0.4 is 11.1 Å². The van der Waals surface area contributed by atoms with Gasteiger partial charge in [-0.15, -0.1) is 11.3 Å². The van der Waals surface area contributed by atoms with Crippen molar-refractivity contribution in [2.75, 3.05) is 11.1 Å². The minimum atomic E-state index is -0.118. The smallest absolute Gasteiger partial charge is 0.265 e. The highest BCUT2D eigenvalue weighted by atomic mass is 79.9. The van der Waals surface area contributed by atoms with Crippen molar-refractivity contribution in [3.05, 3.63) is 42.5 Å². The van der Waals surface area contributed by atoms with Gasteiger partial charge in [-0.25, -0.2) is 0 Å². The highest BCUT2D eigenvalue weighted by molar-refractivity contribution is 9.13. The Hall–Kier alpha value is -0.850. The zero-order valence-corrected chi connectivity index (χ0v) is 14.4. The van der Waals surface area contributed by atoms with Gasteiger partial charge in [0, 0.05) is 15.8 Å². The lowest BCUT2D eigenvalue weighted by atomic mass is 10.1. The van der Waals surface area contributed by atoms with Crippen molar-refractivity contribution in [1.82, 2.24) is 0 Å². The second-order valence-corrected chi connectivity index (χ2v) is 7.44. The fourth-order valence-electron chi connectivity index (χ4n) is 1.83. The van der Waals surface area contributed by atoms with Gasteiger partial charge in [-0.2, -0.15) is 0 Å². The number of nitrogens with one attached hydrogen (secondary N) is 1. The Morgan fingerprint density at radius 1 is 1.21 bits per heavy atom. The van der Waals surface area contributed by atoms with Crippen molar-refractivity contribution >= 4 is 60.5 Å². The third kappa shape index (κ3) is 3.19. The zero-order chi connectivity index (χ0) is 14.2. The van der Waals surface area contributed by atoms with E-state index in [1.54, 1.807) is 6.07 Å². The number of rotatable bonds is 2. The van der Waals surface area contributed by atoms with E-state index in [0.717, 1.165) is 25.1 Å². The molecule has 0 unspecified atom stereocenters. The van der Waals surface area contributed by atoms with Crippen molar-refractivity contribution in [1.29, 1.82) is 0 Å². The summed E-state index contributed by atoms with van der Waals surface area (Å²) >= 11 is 8.15. The molecule has 0 saturated heterocycles. The van der Waals surface area contributed by atoms with E-state index < -0.39 is 0 Å². The Bertz CT molecular complexity index is 610. The van der Waals surface area contributed by atoms with Gasteiger partial charge in [0.25, 0.3) is 5.91 Å². The van der Waals surface area contributed by atoms with Gasteiger partial charge >= 0.3 is 0 Å². The van der Waals surface area contributed by atoms with Crippen LogP contribution in [0.15, 0.2) is 26.5 Å². The molecule has 1 aromatic heterocycles. The first-order valence-corrected chi connectivity index (χ1v) is 7.91. The summed E-state index contributed by atoms with van der Waals surface area (Å²) in [5.41, 5.74) is 9.21. The van der Waals surface area contributed by atoms with Crippen LogP contribution in [0.4, 0.5) is 11.4 Å². The van der Waals surface area contributed by atoms with Gasteiger partial charge in [0.2, 0.25) is 0 Å². The van der Waals surface area contributed by atoms with Gasteiger partial charge in [0.05, 0.1) is 8.66 Å². The molecule has 3 nitrogen and oxygen atoms in total. The summed E-state index contributed by atoms with van der Waals surface area (Å²) in [7, 11) is 0. The monoisotopic (exact) mass is 402 g/mol. The minimum Gasteiger partial charge on any atom is -0.399 e. The van der Waals surface area contributed by atoms with E-state index in [0.29, 0.717) is 10.6 Å². The van der Waals surface area contributed by atoms with Gasteiger partial charge in [-0.3, -0.25) is 4.79 Å². The molecular weight excluding hydrogens is 392 g/mol. The predicted octanol–water partition coefficient (Wildman–Crippen LogP) is 4.72. The average molecular weight is 404 g/mol. The third-order valence-corrected chi connectivity index (χ3v) is 5.92. The largest absolute Gasteiger partial charge is 0.399 e. The molecule has 0 bridgehead atoms. The van der Waals surface area contributed by atoms with Crippen molar-refractivity contribution < 1.29 is 4.79 Å².